The van der Waals surface area contributed by atoms with E-state index < -0.39 is 0 Å². The fourth-order valence-electron chi connectivity index (χ4n) is 1.46. The molecule has 0 aliphatic carbocycles. The lowest BCUT2D eigenvalue weighted by molar-refractivity contribution is 0.0955. The Morgan fingerprint density at radius 3 is 2.45 bits per heavy atom. The van der Waals surface area contributed by atoms with E-state index in [9.17, 15) is 9.90 Å². The van der Waals surface area contributed by atoms with Crippen molar-refractivity contribution in [2.75, 3.05) is 0 Å². The van der Waals surface area contributed by atoms with E-state index in [-0.39, 0.29) is 11.7 Å². The standard InChI is InChI=1S/C14H10Br2N2O2/c15-11-3-1-9(2-4-11)14(20)18-17-8-10-7-12(16)5-6-13(10)19/h1-8,19H,(H,18,20)/b17-8+. The molecule has 0 aliphatic heterocycles. The van der Waals surface area contributed by atoms with Gasteiger partial charge in [0.1, 0.15) is 5.75 Å². The van der Waals surface area contributed by atoms with Gasteiger partial charge in [-0.3, -0.25) is 4.79 Å². The van der Waals surface area contributed by atoms with Crippen LogP contribution in [0.4, 0.5) is 0 Å². The Morgan fingerprint density at radius 2 is 1.75 bits per heavy atom. The van der Waals surface area contributed by atoms with E-state index in [4.69, 9.17) is 0 Å². The molecule has 6 heteroatoms. The number of hydrazone groups is 1. The van der Waals surface area contributed by atoms with Crippen molar-refractivity contribution in [3.05, 3.63) is 62.5 Å². The van der Waals surface area contributed by atoms with Gasteiger partial charge >= 0.3 is 0 Å². The maximum absolute atomic E-state index is 11.8. The third kappa shape index (κ3) is 3.91. The fourth-order valence-corrected chi connectivity index (χ4v) is 2.10. The topological polar surface area (TPSA) is 61.7 Å². The van der Waals surface area contributed by atoms with Gasteiger partial charge < -0.3 is 5.11 Å². The number of hydrogen-bond donors (Lipinski definition) is 2. The minimum atomic E-state index is -0.316. The van der Waals surface area contributed by atoms with E-state index in [1.54, 1.807) is 42.5 Å². The second-order valence-corrected chi connectivity index (χ2v) is 5.74. The highest BCUT2D eigenvalue weighted by molar-refractivity contribution is 9.10. The molecule has 0 heterocycles. The van der Waals surface area contributed by atoms with Gasteiger partial charge in [-0.1, -0.05) is 31.9 Å². The minimum absolute atomic E-state index is 0.0924. The lowest BCUT2D eigenvalue weighted by Gasteiger charge is -2.01. The van der Waals surface area contributed by atoms with Gasteiger partial charge in [-0.2, -0.15) is 5.10 Å². The molecule has 20 heavy (non-hydrogen) atoms. The fraction of sp³-hybridized carbons (Fsp3) is 0. The Balaban J connectivity index is 2.04. The average molecular weight is 398 g/mol. The van der Waals surface area contributed by atoms with Crippen LogP contribution in [0.3, 0.4) is 0 Å². The largest absolute Gasteiger partial charge is 0.507 e. The Bertz CT molecular complexity index is 655. The Hall–Kier alpha value is -1.66. The quantitative estimate of drug-likeness (QED) is 0.612. The molecule has 2 rings (SSSR count). The molecule has 0 spiro atoms. The van der Waals surface area contributed by atoms with Crippen LogP contribution in [0.25, 0.3) is 0 Å². The summed E-state index contributed by atoms with van der Waals surface area (Å²) in [7, 11) is 0. The van der Waals surface area contributed by atoms with Gasteiger partial charge in [-0.05, 0) is 42.5 Å². The Kier molecular flexibility index (Phi) is 4.92. The predicted molar refractivity (Wildman–Crippen MR) is 85.0 cm³/mol. The van der Waals surface area contributed by atoms with Crippen molar-refractivity contribution in [3.63, 3.8) is 0 Å². The summed E-state index contributed by atoms with van der Waals surface area (Å²) in [5, 5.41) is 13.4. The van der Waals surface area contributed by atoms with Gasteiger partial charge in [0.25, 0.3) is 5.91 Å². The average Bonchev–Trinajstić information content (AvgIpc) is 2.43. The maximum atomic E-state index is 11.8. The summed E-state index contributed by atoms with van der Waals surface area (Å²) in [4.78, 5) is 11.8. The molecule has 2 aromatic rings. The zero-order valence-electron chi connectivity index (χ0n) is 10.2. The first-order valence-corrected chi connectivity index (χ1v) is 7.22. The first kappa shape index (κ1) is 14.7. The van der Waals surface area contributed by atoms with Crippen molar-refractivity contribution in [3.8, 4) is 5.75 Å². The highest BCUT2D eigenvalue weighted by Crippen LogP contribution is 2.19. The zero-order valence-corrected chi connectivity index (χ0v) is 13.3. The molecule has 4 nitrogen and oxygen atoms in total. The molecule has 0 aliphatic rings. The second-order valence-electron chi connectivity index (χ2n) is 3.91. The number of benzene rings is 2. The summed E-state index contributed by atoms with van der Waals surface area (Å²) in [6.45, 7) is 0. The SMILES string of the molecule is O=C(N/N=C/c1cc(Br)ccc1O)c1ccc(Br)cc1. The van der Waals surface area contributed by atoms with Crippen LogP contribution in [0.5, 0.6) is 5.75 Å². The lowest BCUT2D eigenvalue weighted by Crippen LogP contribution is -2.17. The van der Waals surface area contributed by atoms with Gasteiger partial charge in [0.05, 0.1) is 6.21 Å². The number of nitrogens with zero attached hydrogens (tertiary/aromatic N) is 1. The van der Waals surface area contributed by atoms with Gasteiger partial charge in [0.15, 0.2) is 0 Å². The normalized spacial score (nSPS) is 10.7. The van der Waals surface area contributed by atoms with Gasteiger partial charge in [0.2, 0.25) is 0 Å². The molecule has 0 bridgehead atoms. The van der Waals surface area contributed by atoms with Crippen molar-refractivity contribution in [1.82, 2.24) is 5.43 Å². The molecule has 0 radical (unpaired) electrons. The molecule has 2 N–H and O–H groups in total. The van der Waals surface area contributed by atoms with Crippen LogP contribution in [-0.2, 0) is 0 Å². The van der Waals surface area contributed by atoms with E-state index in [2.05, 4.69) is 42.4 Å². The van der Waals surface area contributed by atoms with Crippen molar-refractivity contribution < 1.29 is 9.90 Å². The molecule has 0 unspecified atom stereocenters. The van der Waals surface area contributed by atoms with Crippen molar-refractivity contribution in [2.24, 2.45) is 5.10 Å². The van der Waals surface area contributed by atoms with Crippen LogP contribution in [0.2, 0.25) is 0 Å². The molecular formula is C14H10Br2N2O2. The summed E-state index contributed by atoms with van der Waals surface area (Å²) in [6, 6.07) is 11.9. The molecule has 102 valence electrons. The number of phenols is 1. The van der Waals surface area contributed by atoms with E-state index in [0.717, 1.165) is 8.95 Å². The molecule has 0 fully saturated rings. The van der Waals surface area contributed by atoms with Crippen molar-refractivity contribution in [1.29, 1.82) is 0 Å². The van der Waals surface area contributed by atoms with Crippen molar-refractivity contribution in [2.45, 2.75) is 0 Å². The van der Waals surface area contributed by atoms with Gasteiger partial charge in [-0.15, -0.1) is 0 Å². The molecular weight excluding hydrogens is 388 g/mol. The Labute approximate surface area is 132 Å². The van der Waals surface area contributed by atoms with Gasteiger partial charge in [-0.25, -0.2) is 5.43 Å². The lowest BCUT2D eigenvalue weighted by atomic mass is 10.2. The Morgan fingerprint density at radius 1 is 1.10 bits per heavy atom. The first-order chi connectivity index (χ1) is 9.56. The van der Waals surface area contributed by atoms with E-state index in [0.29, 0.717) is 11.1 Å². The van der Waals surface area contributed by atoms with Crippen LogP contribution in [0, 0.1) is 0 Å². The summed E-state index contributed by atoms with van der Waals surface area (Å²) in [5.74, 6) is -0.224. The van der Waals surface area contributed by atoms with Gasteiger partial charge in [0, 0.05) is 20.1 Å². The summed E-state index contributed by atoms with van der Waals surface area (Å²) < 4.78 is 1.72. The first-order valence-electron chi connectivity index (χ1n) is 5.64. The number of nitrogens with one attached hydrogen (secondary N) is 1. The van der Waals surface area contributed by atoms with E-state index in [1.165, 1.54) is 6.21 Å². The number of rotatable bonds is 3. The highest BCUT2D eigenvalue weighted by atomic mass is 79.9. The minimum Gasteiger partial charge on any atom is -0.507 e. The third-order valence-corrected chi connectivity index (χ3v) is 3.49. The number of phenolic OH excluding ortho intramolecular Hbond substituents is 1. The summed E-state index contributed by atoms with van der Waals surface area (Å²) >= 11 is 6.60. The predicted octanol–water partition coefficient (Wildman–Crippen LogP) is 3.68. The molecule has 0 atom stereocenters. The third-order valence-electron chi connectivity index (χ3n) is 2.47. The maximum Gasteiger partial charge on any atom is 0.271 e. The number of halogens is 2. The number of carbonyl (C=O) groups excluding carboxylic acids is 1. The monoisotopic (exact) mass is 396 g/mol. The van der Waals surface area contributed by atoms with Crippen LogP contribution >= 0.6 is 31.9 Å². The van der Waals surface area contributed by atoms with Crippen LogP contribution < -0.4 is 5.43 Å². The van der Waals surface area contributed by atoms with Crippen LogP contribution in [0.15, 0.2) is 56.5 Å². The molecule has 0 aromatic heterocycles. The molecule has 2 aromatic carbocycles. The highest BCUT2D eigenvalue weighted by Gasteiger charge is 2.03. The molecule has 1 amide bonds. The summed E-state index contributed by atoms with van der Waals surface area (Å²) in [5.41, 5.74) is 3.42. The zero-order chi connectivity index (χ0) is 14.5. The smallest absolute Gasteiger partial charge is 0.271 e. The van der Waals surface area contributed by atoms with Crippen molar-refractivity contribution >= 4 is 44.0 Å². The molecule has 0 saturated heterocycles. The molecule has 0 saturated carbocycles. The number of carbonyl (C=O) groups is 1. The second kappa shape index (κ2) is 6.67. The number of amides is 1. The van der Waals surface area contributed by atoms with Crippen LogP contribution in [0.1, 0.15) is 15.9 Å². The number of aromatic hydroxyl groups is 1. The summed E-state index contributed by atoms with van der Waals surface area (Å²) in [6.07, 6.45) is 1.39. The van der Waals surface area contributed by atoms with E-state index >= 15 is 0 Å². The van der Waals surface area contributed by atoms with E-state index in [1.807, 2.05) is 0 Å². The number of hydrogen-bond acceptors (Lipinski definition) is 3. The van der Waals surface area contributed by atoms with Crippen LogP contribution in [-0.4, -0.2) is 17.2 Å².